The first-order valence-electron chi connectivity index (χ1n) is 12.2. The van der Waals surface area contributed by atoms with Crippen LogP contribution in [0.5, 0.6) is 11.5 Å². The molecule has 0 spiro atoms. The van der Waals surface area contributed by atoms with Gasteiger partial charge in [-0.1, -0.05) is 77.0 Å². The number of aromatic hydroxyl groups is 1. The van der Waals surface area contributed by atoms with Crippen LogP contribution in [0.25, 0.3) is 0 Å². The number of hydrogen-bond acceptors (Lipinski definition) is 3. The second kappa shape index (κ2) is 12.2. The van der Waals surface area contributed by atoms with Crippen molar-refractivity contribution in [2.24, 2.45) is 4.99 Å². The van der Waals surface area contributed by atoms with Crippen molar-refractivity contribution in [1.29, 1.82) is 0 Å². The summed E-state index contributed by atoms with van der Waals surface area (Å²) in [5, 5.41) is 11.1. The number of rotatable bonds is 4. The zero-order chi connectivity index (χ0) is 20.3. The van der Waals surface area contributed by atoms with E-state index in [1.165, 1.54) is 103 Å². The molecule has 3 nitrogen and oxygen atoms in total. The van der Waals surface area contributed by atoms with Crippen LogP contribution in [0.15, 0.2) is 17.1 Å². The molecule has 2 saturated carbocycles. The molecule has 0 radical (unpaired) electrons. The van der Waals surface area contributed by atoms with E-state index in [0.29, 0.717) is 17.7 Å². The van der Waals surface area contributed by atoms with Gasteiger partial charge >= 0.3 is 0 Å². The number of methoxy groups -OCH3 is 1. The van der Waals surface area contributed by atoms with Crippen LogP contribution in [0.1, 0.15) is 120 Å². The first-order valence-corrected chi connectivity index (χ1v) is 12.2. The summed E-state index contributed by atoms with van der Waals surface area (Å²) in [6.45, 7) is 0. The highest BCUT2D eigenvalue weighted by Gasteiger charge is 2.20. The number of aliphatic imine (C=N–C) groups is 1. The van der Waals surface area contributed by atoms with E-state index < -0.39 is 0 Å². The maximum Gasteiger partial charge on any atom is 0.128 e. The summed E-state index contributed by atoms with van der Waals surface area (Å²) in [6, 6.07) is 4.43. The first kappa shape index (κ1) is 22.2. The van der Waals surface area contributed by atoms with Crippen molar-refractivity contribution in [3.8, 4) is 11.5 Å². The number of ether oxygens (including phenoxy) is 1. The Bertz CT molecular complexity index is 622. The average Bonchev–Trinajstić information content (AvgIpc) is 2.74. The number of nitrogens with zero attached hydrogens (tertiary/aromatic N) is 1. The van der Waals surface area contributed by atoms with Gasteiger partial charge in [0.2, 0.25) is 0 Å². The second-order valence-corrected chi connectivity index (χ2v) is 9.18. The first-order chi connectivity index (χ1) is 14.3. The standard InChI is InChI=1S/C26H41NO2/c1-29-24-18-22(20-27-23-16-12-9-13-17-23)26(28)25(19-24)21-14-10-7-5-3-2-4-6-8-11-15-21/h18-21,23,28H,2-17H2,1H3. The highest BCUT2D eigenvalue weighted by atomic mass is 16.5. The smallest absolute Gasteiger partial charge is 0.128 e. The van der Waals surface area contributed by atoms with Crippen LogP contribution in [0.3, 0.4) is 0 Å². The van der Waals surface area contributed by atoms with Crippen molar-refractivity contribution in [2.75, 3.05) is 7.11 Å². The van der Waals surface area contributed by atoms with E-state index in [9.17, 15) is 5.11 Å². The lowest BCUT2D eigenvalue weighted by atomic mass is 9.86. The molecule has 29 heavy (non-hydrogen) atoms. The molecule has 162 valence electrons. The van der Waals surface area contributed by atoms with Crippen LogP contribution in [0.2, 0.25) is 0 Å². The molecule has 1 N–H and O–H groups in total. The van der Waals surface area contributed by atoms with Crippen LogP contribution in [-0.4, -0.2) is 24.5 Å². The van der Waals surface area contributed by atoms with Gasteiger partial charge in [0.05, 0.1) is 7.11 Å². The molecule has 2 fully saturated rings. The Morgan fingerprint density at radius 1 is 0.793 bits per heavy atom. The summed E-state index contributed by atoms with van der Waals surface area (Å²) in [4.78, 5) is 4.82. The molecule has 0 atom stereocenters. The Hall–Kier alpha value is -1.51. The Morgan fingerprint density at radius 2 is 1.31 bits per heavy atom. The van der Waals surface area contributed by atoms with Crippen molar-refractivity contribution in [3.63, 3.8) is 0 Å². The van der Waals surface area contributed by atoms with Crippen molar-refractivity contribution >= 4 is 6.21 Å². The summed E-state index contributed by atoms with van der Waals surface area (Å²) < 4.78 is 5.60. The van der Waals surface area contributed by atoms with E-state index in [0.717, 1.165) is 16.9 Å². The van der Waals surface area contributed by atoms with E-state index in [4.69, 9.17) is 9.73 Å². The van der Waals surface area contributed by atoms with Gasteiger partial charge in [0.15, 0.2) is 0 Å². The van der Waals surface area contributed by atoms with E-state index in [1.54, 1.807) is 7.11 Å². The SMILES string of the molecule is COc1cc(C=NC2CCCCC2)c(O)c(C2CCCCCCCCCCC2)c1. The van der Waals surface area contributed by atoms with Crippen LogP contribution in [0, 0.1) is 0 Å². The molecular weight excluding hydrogens is 358 g/mol. The van der Waals surface area contributed by atoms with Gasteiger partial charge in [-0.25, -0.2) is 0 Å². The number of benzene rings is 1. The lowest BCUT2D eigenvalue weighted by Crippen LogP contribution is -2.10. The van der Waals surface area contributed by atoms with Gasteiger partial charge in [0, 0.05) is 23.4 Å². The fourth-order valence-corrected chi connectivity index (χ4v) is 5.07. The zero-order valence-corrected chi connectivity index (χ0v) is 18.5. The van der Waals surface area contributed by atoms with E-state index in [-0.39, 0.29) is 0 Å². The average molecular weight is 400 g/mol. The number of phenolic OH excluding ortho intramolecular Hbond substituents is 1. The molecule has 3 rings (SSSR count). The van der Waals surface area contributed by atoms with Crippen molar-refractivity contribution < 1.29 is 9.84 Å². The second-order valence-electron chi connectivity index (χ2n) is 9.18. The minimum absolute atomic E-state index is 0.416. The molecule has 0 aromatic heterocycles. The molecular formula is C26H41NO2. The number of phenols is 1. The zero-order valence-electron chi connectivity index (χ0n) is 18.5. The quantitative estimate of drug-likeness (QED) is 0.531. The maximum absolute atomic E-state index is 11.1. The van der Waals surface area contributed by atoms with Gasteiger partial charge in [-0.15, -0.1) is 0 Å². The summed E-state index contributed by atoms with van der Waals surface area (Å²) in [6.07, 6.45) is 22.5. The van der Waals surface area contributed by atoms with E-state index >= 15 is 0 Å². The predicted octanol–water partition coefficient (Wildman–Crippen LogP) is 7.54. The third kappa shape index (κ3) is 7.04. The van der Waals surface area contributed by atoms with Gasteiger partial charge in [0.1, 0.15) is 11.5 Å². The fraction of sp³-hybridized carbons (Fsp3) is 0.731. The monoisotopic (exact) mass is 399 g/mol. The van der Waals surface area contributed by atoms with Crippen molar-refractivity contribution in [2.45, 2.75) is 115 Å². The van der Waals surface area contributed by atoms with Gasteiger partial charge in [-0.3, -0.25) is 4.99 Å². The van der Waals surface area contributed by atoms with Gasteiger partial charge in [-0.2, -0.15) is 0 Å². The minimum atomic E-state index is 0.416. The summed E-state index contributed by atoms with van der Waals surface area (Å²) >= 11 is 0. The maximum atomic E-state index is 11.1. The molecule has 0 amide bonds. The molecule has 1 aromatic carbocycles. The topological polar surface area (TPSA) is 41.8 Å². The lowest BCUT2D eigenvalue weighted by molar-refractivity contribution is 0.403. The molecule has 0 heterocycles. The molecule has 0 saturated heterocycles. The van der Waals surface area contributed by atoms with Crippen LogP contribution in [-0.2, 0) is 0 Å². The van der Waals surface area contributed by atoms with Crippen LogP contribution in [0.4, 0.5) is 0 Å². The number of hydrogen-bond donors (Lipinski definition) is 1. The van der Waals surface area contributed by atoms with Gasteiger partial charge in [0.25, 0.3) is 0 Å². The summed E-state index contributed by atoms with van der Waals surface area (Å²) in [5.41, 5.74) is 1.91. The molecule has 0 aliphatic heterocycles. The van der Waals surface area contributed by atoms with Crippen LogP contribution >= 0.6 is 0 Å². The minimum Gasteiger partial charge on any atom is -0.507 e. The molecule has 2 aliphatic rings. The molecule has 2 aliphatic carbocycles. The Morgan fingerprint density at radius 3 is 1.90 bits per heavy atom. The highest BCUT2D eigenvalue weighted by Crippen LogP contribution is 2.38. The van der Waals surface area contributed by atoms with Gasteiger partial charge in [-0.05, 0) is 43.7 Å². The van der Waals surface area contributed by atoms with E-state index in [1.807, 2.05) is 12.3 Å². The molecule has 1 aromatic rings. The normalized spacial score (nSPS) is 21.6. The fourth-order valence-electron chi connectivity index (χ4n) is 5.07. The predicted molar refractivity (Wildman–Crippen MR) is 123 cm³/mol. The van der Waals surface area contributed by atoms with Gasteiger partial charge < -0.3 is 9.84 Å². The van der Waals surface area contributed by atoms with Crippen LogP contribution < -0.4 is 4.74 Å². The Labute approximate surface area is 178 Å². The van der Waals surface area contributed by atoms with Crippen molar-refractivity contribution in [1.82, 2.24) is 0 Å². The molecule has 0 unspecified atom stereocenters. The highest BCUT2D eigenvalue weighted by molar-refractivity contribution is 5.85. The van der Waals surface area contributed by atoms with E-state index in [2.05, 4.69) is 6.07 Å². The summed E-state index contributed by atoms with van der Waals surface area (Å²) in [7, 11) is 1.72. The third-order valence-corrected chi connectivity index (χ3v) is 6.92. The Balaban J connectivity index is 1.78. The Kier molecular flexibility index (Phi) is 9.37. The largest absolute Gasteiger partial charge is 0.507 e. The third-order valence-electron chi connectivity index (χ3n) is 6.92. The molecule has 3 heteroatoms. The summed E-state index contributed by atoms with van der Waals surface area (Å²) in [5.74, 6) is 1.70. The lowest BCUT2D eigenvalue weighted by Gasteiger charge is -2.21. The van der Waals surface area contributed by atoms with Crippen molar-refractivity contribution in [3.05, 3.63) is 23.3 Å². The molecule has 0 bridgehead atoms.